The van der Waals surface area contributed by atoms with Crippen molar-refractivity contribution >= 4 is 0 Å². The average molecular weight is 1780 g/mol. The van der Waals surface area contributed by atoms with Crippen molar-refractivity contribution in [1.82, 2.24) is 34.5 Å². The van der Waals surface area contributed by atoms with E-state index in [1.165, 1.54) is 44.5 Å². The van der Waals surface area contributed by atoms with Gasteiger partial charge in [0.1, 0.15) is 0 Å². The number of pyridine rings is 4. The maximum atomic E-state index is 5.14. The van der Waals surface area contributed by atoms with Gasteiger partial charge in [-0.05, 0) is 255 Å². The van der Waals surface area contributed by atoms with Gasteiger partial charge >= 0.3 is 40.2 Å². The molecule has 6 heterocycles. The number of aromatic nitrogens is 7. The van der Waals surface area contributed by atoms with Crippen molar-refractivity contribution in [2.45, 2.75) is 55.4 Å². The molecule has 9 heteroatoms. The van der Waals surface area contributed by atoms with Crippen LogP contribution in [0.1, 0.15) is 44.5 Å². The fourth-order valence-electron chi connectivity index (χ4n) is 14.7. The Morgan fingerprint density at radius 1 is 0.234 bits per heavy atom. The van der Waals surface area contributed by atoms with Crippen LogP contribution in [0.2, 0.25) is 0 Å². The Morgan fingerprint density at radius 2 is 0.550 bits per heavy atom. The first-order valence-corrected chi connectivity index (χ1v) is 36.7. The summed E-state index contributed by atoms with van der Waals surface area (Å²) < 4.78 is 1.70. The minimum Gasteiger partial charge on any atom is -0.562 e. The number of benzene rings is 11. The van der Waals surface area contributed by atoms with Crippen molar-refractivity contribution in [2.24, 2.45) is 0 Å². The molecular formula is C102H73Ir2N7. The van der Waals surface area contributed by atoms with E-state index in [1.54, 1.807) is 4.57 Å². The molecule has 0 aliphatic carbocycles. The molecule has 0 atom stereocenters. The predicted octanol–water partition coefficient (Wildman–Crippen LogP) is 25.1. The van der Waals surface area contributed by atoms with Gasteiger partial charge in [-0.1, -0.05) is 149 Å². The maximum Gasteiger partial charge on any atom is 3.00 e. The first kappa shape index (κ1) is 74.2. The molecule has 0 saturated heterocycles. The smallest absolute Gasteiger partial charge is 0.562 e. The van der Waals surface area contributed by atoms with E-state index in [0.29, 0.717) is 5.95 Å². The topological polar surface area (TPSA) is 82.3 Å². The van der Waals surface area contributed by atoms with Crippen molar-refractivity contribution in [3.8, 4) is 173 Å². The largest absolute Gasteiger partial charge is 3.00 e. The second-order valence-corrected chi connectivity index (χ2v) is 28.3. The molecule has 0 aliphatic rings. The summed E-state index contributed by atoms with van der Waals surface area (Å²) in [5, 5.41) is 0. The van der Waals surface area contributed by atoms with Gasteiger partial charge in [0.2, 0.25) is 0 Å². The van der Waals surface area contributed by atoms with E-state index < -0.39 is 0 Å². The molecule has 0 aliphatic heterocycles. The van der Waals surface area contributed by atoms with Crippen LogP contribution in [-0.2, 0) is 40.2 Å². The third-order valence-corrected chi connectivity index (χ3v) is 21.2. The van der Waals surface area contributed by atoms with E-state index in [-0.39, 0.29) is 40.2 Å². The van der Waals surface area contributed by atoms with Crippen LogP contribution in [0.5, 0.6) is 0 Å². The van der Waals surface area contributed by atoms with Gasteiger partial charge in [0.05, 0.1) is 5.95 Å². The number of hydrogen-bond acceptors (Lipinski definition) is 6. The maximum absolute atomic E-state index is 5.14. The Balaban J connectivity index is 0.00000488. The molecule has 0 saturated carbocycles. The van der Waals surface area contributed by atoms with Crippen molar-refractivity contribution in [3.63, 3.8) is 0 Å². The molecule has 111 heavy (non-hydrogen) atoms. The van der Waals surface area contributed by atoms with E-state index in [4.69, 9.17) is 29.9 Å². The number of hydrogen-bond donors (Lipinski definition) is 0. The third kappa shape index (κ3) is 15.2. The van der Waals surface area contributed by atoms with Gasteiger partial charge < -0.3 is 34.5 Å². The van der Waals surface area contributed by atoms with Crippen LogP contribution in [0, 0.1) is 92.0 Å². The molecule has 6 aromatic heterocycles. The van der Waals surface area contributed by atoms with Crippen LogP contribution >= 0.6 is 0 Å². The molecule has 7 nitrogen and oxygen atoms in total. The van der Waals surface area contributed by atoms with Gasteiger partial charge in [-0.3, -0.25) is 12.3 Å². The third-order valence-electron chi connectivity index (χ3n) is 21.2. The molecule has 0 unspecified atom stereocenters. The second-order valence-electron chi connectivity index (χ2n) is 28.3. The quantitative estimate of drug-likeness (QED) is 0.0897. The second kappa shape index (κ2) is 32.1. The van der Waals surface area contributed by atoms with Crippen LogP contribution < -0.4 is 0 Å². The first-order chi connectivity index (χ1) is 53.3. The van der Waals surface area contributed by atoms with Gasteiger partial charge in [-0.25, -0.2) is 12.3 Å². The molecular weight excluding hydrogens is 1710 g/mol. The Hall–Kier alpha value is -12.3. The van der Waals surface area contributed by atoms with Gasteiger partial charge in [0.15, 0.2) is 0 Å². The molecule has 17 aromatic rings. The fourth-order valence-corrected chi connectivity index (χ4v) is 14.7. The summed E-state index contributed by atoms with van der Waals surface area (Å²) in [6.07, 6.45) is 17.9. The Morgan fingerprint density at radius 3 is 0.865 bits per heavy atom. The molecule has 11 aromatic carbocycles. The molecule has 0 amide bonds. The van der Waals surface area contributed by atoms with Crippen molar-refractivity contribution < 1.29 is 40.2 Å². The Kier molecular flexibility index (Phi) is 21.4. The van der Waals surface area contributed by atoms with Crippen LogP contribution in [0.15, 0.2) is 298 Å². The summed E-state index contributed by atoms with van der Waals surface area (Å²) in [5.41, 5.74) is 39.5. The van der Waals surface area contributed by atoms with E-state index in [0.717, 1.165) is 167 Å². The monoisotopic (exact) mass is 1780 g/mol. The van der Waals surface area contributed by atoms with Crippen LogP contribution in [-0.4, -0.2) is 34.5 Å². The van der Waals surface area contributed by atoms with Crippen molar-refractivity contribution in [3.05, 3.63) is 379 Å². The van der Waals surface area contributed by atoms with E-state index >= 15 is 0 Å². The Bertz CT molecular complexity index is 5570. The van der Waals surface area contributed by atoms with Crippen LogP contribution in [0.4, 0.5) is 0 Å². The zero-order chi connectivity index (χ0) is 74.2. The van der Waals surface area contributed by atoms with E-state index in [1.807, 2.05) is 122 Å². The first-order valence-electron chi connectivity index (χ1n) is 36.7. The Labute approximate surface area is 677 Å². The normalized spacial score (nSPS) is 11.1. The van der Waals surface area contributed by atoms with Gasteiger partial charge in [-0.15, -0.1) is 125 Å². The standard InChI is InChI=1S/C102H73N7.2Ir/c1-64-47-89(72-28-34-76(35-29-72)97-25-12-15-42-103-97)93(51-68(64)5)82-55-80(56-83(59-82)94-52-69(6)65(2)48-90(94)73-30-36-77(37-31-73)98-26-13-16-43-104-98)87-23-20-24-88(101(87)86-62-107-102(108-63-86)109-45-18-19-46-109)81-57-84(95-53-70(7)66(3)49-91(95)74-32-38-78(39-33-74)99-27-14-17-44-105-99)60-85(58-81)96-54-71(8)67(4)50-92(96)79-40-41-100(106-61-79)75-21-10-9-11-22-75;;/h9-21,23-34,36,38,40-44,47-63H,1-8H3;;/q-6;2*+3. The summed E-state index contributed by atoms with van der Waals surface area (Å²) in [7, 11) is 0. The van der Waals surface area contributed by atoms with E-state index in [9.17, 15) is 0 Å². The summed E-state index contributed by atoms with van der Waals surface area (Å²) >= 11 is 0. The number of aryl methyl sites for hydroxylation is 8. The summed E-state index contributed by atoms with van der Waals surface area (Å²) in [6, 6.07) is 107. The zero-order valence-corrected chi connectivity index (χ0v) is 67.4. The van der Waals surface area contributed by atoms with Crippen molar-refractivity contribution in [1.29, 1.82) is 0 Å². The molecule has 534 valence electrons. The van der Waals surface area contributed by atoms with Gasteiger partial charge in [0, 0.05) is 48.3 Å². The van der Waals surface area contributed by atoms with Gasteiger partial charge in [0.25, 0.3) is 0 Å². The molecule has 0 fully saturated rings. The molecule has 0 bridgehead atoms. The minimum atomic E-state index is 0. The summed E-state index contributed by atoms with van der Waals surface area (Å²) in [6.45, 7) is 17.6. The average Bonchev–Trinajstić information content (AvgIpc) is 0.803. The SMILES string of the molecule is Cc1cc(-c2c[c-]c(-c3ccccn3)cc2)c(-c2cc(-c3cc(C)c(C)cc3-c3c[c-]c(-c4ccccn4)cc3)cc(-c3cccc(-c4cc(-c5cc(C)c(C)cc5-c5c[c-]c(-c6ccccn6)cc5)cc(-c5cc(C)c(C)cc5-c5ccc(-c6[c-]cccc6)nc5)c4)c3-c3cnc(-n4[c-]cc[c-]4)nc3)c2)cc1C.[Ir+3].[Ir+3]. The molecule has 0 spiro atoms. The summed E-state index contributed by atoms with van der Waals surface area (Å²) in [5.74, 6) is 0.459. The van der Waals surface area contributed by atoms with E-state index in [2.05, 4.69) is 268 Å². The number of nitrogens with zero attached hydrogens (tertiary/aromatic N) is 7. The molecule has 0 N–H and O–H groups in total. The predicted molar refractivity (Wildman–Crippen MR) is 445 cm³/mol. The minimum absolute atomic E-state index is 0. The van der Waals surface area contributed by atoms with Crippen molar-refractivity contribution in [2.75, 3.05) is 0 Å². The van der Waals surface area contributed by atoms with Crippen LogP contribution in [0.25, 0.3) is 173 Å². The van der Waals surface area contributed by atoms with Crippen LogP contribution in [0.3, 0.4) is 0 Å². The summed E-state index contributed by atoms with van der Waals surface area (Å²) in [4.78, 5) is 29.5. The molecule has 17 rings (SSSR count). The zero-order valence-electron chi connectivity index (χ0n) is 62.6. The molecule has 0 radical (unpaired) electrons. The number of rotatable bonds is 16. The fraction of sp³-hybridized carbons (Fsp3) is 0.0784. The van der Waals surface area contributed by atoms with Gasteiger partial charge in [-0.2, -0.15) is 0 Å².